The minimum Gasteiger partial charge on any atom is -0.464 e. The van der Waals surface area contributed by atoms with Crippen molar-refractivity contribution in [3.05, 3.63) is 23.7 Å². The average molecular weight is 303 g/mol. The number of alkyl halides is 2. The van der Waals surface area contributed by atoms with Gasteiger partial charge in [0.1, 0.15) is 11.5 Å². The minimum atomic E-state index is -2.34. The summed E-state index contributed by atoms with van der Waals surface area (Å²) in [6, 6.07) is 3.66. The fraction of sp³-hybridized carbons (Fsp3) is 0.733. The first-order valence-electron chi connectivity index (χ1n) is 7.25. The molecule has 0 saturated heterocycles. The molecule has 0 atom stereocenters. The van der Waals surface area contributed by atoms with E-state index in [1.807, 2.05) is 6.07 Å². The standard InChI is InChI=1S/C15H23F2NOS/c1-15(7-3-2-4-8-15)11-18-9-12-5-6-13(19-12)10-20-14(16)17/h5-6,14,18H,2-4,7-11H2,1H3. The van der Waals surface area contributed by atoms with E-state index < -0.39 is 5.76 Å². The molecule has 0 radical (unpaired) electrons. The Balaban J connectivity index is 1.71. The van der Waals surface area contributed by atoms with Gasteiger partial charge in [-0.05, 0) is 30.4 Å². The molecule has 5 heteroatoms. The van der Waals surface area contributed by atoms with E-state index in [0.29, 0.717) is 29.5 Å². The molecule has 2 rings (SSSR count). The molecule has 1 aliphatic carbocycles. The maximum Gasteiger partial charge on any atom is 0.284 e. The van der Waals surface area contributed by atoms with E-state index in [4.69, 9.17) is 4.42 Å². The molecule has 0 aliphatic heterocycles. The van der Waals surface area contributed by atoms with E-state index in [2.05, 4.69) is 12.2 Å². The summed E-state index contributed by atoms with van der Waals surface area (Å²) in [7, 11) is 0. The predicted molar refractivity (Wildman–Crippen MR) is 78.9 cm³/mol. The second-order valence-corrected chi connectivity index (χ2v) is 6.89. The van der Waals surface area contributed by atoms with Crippen molar-refractivity contribution in [2.45, 2.75) is 57.1 Å². The SMILES string of the molecule is CC1(CNCc2ccc(CSC(F)F)o2)CCCCC1. The number of hydrogen-bond acceptors (Lipinski definition) is 3. The predicted octanol–water partition coefficient (Wildman–Crippen LogP) is 4.80. The Kier molecular flexibility index (Phi) is 5.90. The van der Waals surface area contributed by atoms with Gasteiger partial charge in [-0.15, -0.1) is 0 Å². The summed E-state index contributed by atoms with van der Waals surface area (Å²) >= 11 is 0.596. The minimum absolute atomic E-state index is 0.232. The highest BCUT2D eigenvalue weighted by Gasteiger charge is 2.26. The third-order valence-electron chi connectivity index (χ3n) is 3.98. The Morgan fingerprint density at radius 1 is 1.25 bits per heavy atom. The van der Waals surface area contributed by atoms with Crippen molar-refractivity contribution >= 4 is 11.8 Å². The molecule has 20 heavy (non-hydrogen) atoms. The fourth-order valence-corrected chi connectivity index (χ4v) is 3.26. The highest BCUT2D eigenvalue weighted by atomic mass is 32.2. The number of thioether (sulfide) groups is 1. The molecule has 1 aromatic heterocycles. The monoisotopic (exact) mass is 303 g/mol. The van der Waals surface area contributed by atoms with Crippen molar-refractivity contribution in [2.24, 2.45) is 5.41 Å². The lowest BCUT2D eigenvalue weighted by Crippen LogP contribution is -2.33. The molecular weight excluding hydrogens is 280 g/mol. The lowest BCUT2D eigenvalue weighted by atomic mass is 9.76. The molecule has 0 unspecified atom stereocenters. The summed E-state index contributed by atoms with van der Waals surface area (Å²) in [6.45, 7) is 4.01. The van der Waals surface area contributed by atoms with E-state index in [1.165, 1.54) is 32.1 Å². The highest BCUT2D eigenvalue weighted by molar-refractivity contribution is 7.98. The molecule has 1 saturated carbocycles. The van der Waals surface area contributed by atoms with E-state index in [9.17, 15) is 8.78 Å². The van der Waals surface area contributed by atoms with Crippen molar-refractivity contribution in [3.8, 4) is 0 Å². The van der Waals surface area contributed by atoms with Crippen LogP contribution >= 0.6 is 11.8 Å². The lowest BCUT2D eigenvalue weighted by molar-refractivity contribution is 0.205. The van der Waals surface area contributed by atoms with Crippen LogP contribution in [-0.4, -0.2) is 12.3 Å². The van der Waals surface area contributed by atoms with Crippen molar-refractivity contribution < 1.29 is 13.2 Å². The third-order valence-corrected chi connectivity index (χ3v) is 4.68. The van der Waals surface area contributed by atoms with Crippen LogP contribution in [0.5, 0.6) is 0 Å². The molecule has 114 valence electrons. The smallest absolute Gasteiger partial charge is 0.284 e. The van der Waals surface area contributed by atoms with Crippen LogP contribution in [0.25, 0.3) is 0 Å². The molecule has 0 bridgehead atoms. The molecule has 1 fully saturated rings. The Labute approximate surface area is 123 Å². The van der Waals surface area contributed by atoms with Gasteiger partial charge in [0.2, 0.25) is 0 Å². The lowest BCUT2D eigenvalue weighted by Gasteiger charge is -2.33. The van der Waals surface area contributed by atoms with Gasteiger partial charge in [0, 0.05) is 6.54 Å². The topological polar surface area (TPSA) is 25.2 Å². The number of furan rings is 1. The van der Waals surface area contributed by atoms with Gasteiger partial charge in [0.05, 0.1) is 12.3 Å². The zero-order chi connectivity index (χ0) is 14.4. The summed E-state index contributed by atoms with van der Waals surface area (Å²) in [5, 5.41) is 3.44. The summed E-state index contributed by atoms with van der Waals surface area (Å²) in [5.74, 6) is -0.659. The van der Waals surface area contributed by atoms with Crippen LogP contribution < -0.4 is 5.32 Å². The van der Waals surface area contributed by atoms with E-state index in [1.54, 1.807) is 6.07 Å². The molecule has 0 amide bonds. The van der Waals surface area contributed by atoms with Gasteiger partial charge in [-0.1, -0.05) is 37.9 Å². The number of hydrogen-bond donors (Lipinski definition) is 1. The maximum atomic E-state index is 12.1. The average Bonchev–Trinajstić information content (AvgIpc) is 2.85. The first-order valence-corrected chi connectivity index (χ1v) is 8.30. The largest absolute Gasteiger partial charge is 0.464 e. The number of nitrogens with one attached hydrogen (secondary N) is 1. The molecule has 1 heterocycles. The van der Waals surface area contributed by atoms with Crippen LogP contribution in [0.15, 0.2) is 16.5 Å². The summed E-state index contributed by atoms with van der Waals surface area (Å²) in [4.78, 5) is 0. The van der Waals surface area contributed by atoms with Gasteiger partial charge >= 0.3 is 0 Å². The van der Waals surface area contributed by atoms with E-state index in [0.717, 1.165) is 12.3 Å². The van der Waals surface area contributed by atoms with Crippen molar-refractivity contribution in [1.29, 1.82) is 0 Å². The zero-order valence-corrected chi connectivity index (χ0v) is 12.8. The van der Waals surface area contributed by atoms with Gasteiger partial charge in [-0.25, -0.2) is 0 Å². The van der Waals surface area contributed by atoms with Crippen LogP contribution in [0.4, 0.5) is 8.78 Å². The van der Waals surface area contributed by atoms with Gasteiger partial charge < -0.3 is 9.73 Å². The number of rotatable bonds is 7. The van der Waals surface area contributed by atoms with Crippen LogP contribution in [0.1, 0.15) is 50.5 Å². The Morgan fingerprint density at radius 3 is 2.65 bits per heavy atom. The maximum absolute atomic E-state index is 12.1. The van der Waals surface area contributed by atoms with Crippen LogP contribution in [-0.2, 0) is 12.3 Å². The normalized spacial score (nSPS) is 18.6. The second kappa shape index (κ2) is 7.46. The summed E-state index contributed by atoms with van der Waals surface area (Å²) in [6.07, 6.45) is 6.59. The molecule has 1 aromatic rings. The second-order valence-electron chi connectivity index (χ2n) is 5.91. The van der Waals surface area contributed by atoms with Gasteiger partial charge in [-0.2, -0.15) is 8.78 Å². The molecule has 2 nitrogen and oxygen atoms in total. The van der Waals surface area contributed by atoms with Gasteiger partial charge in [0.15, 0.2) is 0 Å². The Hall–Kier alpha value is -0.550. The first-order chi connectivity index (χ1) is 9.57. The Bertz CT molecular complexity index is 402. The highest BCUT2D eigenvalue weighted by Crippen LogP contribution is 2.35. The molecule has 1 N–H and O–H groups in total. The van der Waals surface area contributed by atoms with Crippen LogP contribution in [0, 0.1) is 5.41 Å². The van der Waals surface area contributed by atoms with Crippen molar-refractivity contribution in [3.63, 3.8) is 0 Å². The zero-order valence-electron chi connectivity index (χ0n) is 12.0. The third kappa shape index (κ3) is 5.09. The van der Waals surface area contributed by atoms with Crippen LogP contribution in [0.3, 0.4) is 0 Å². The van der Waals surface area contributed by atoms with Gasteiger partial charge in [-0.3, -0.25) is 0 Å². The number of halogens is 2. The van der Waals surface area contributed by atoms with E-state index >= 15 is 0 Å². The van der Waals surface area contributed by atoms with Crippen molar-refractivity contribution in [1.82, 2.24) is 5.32 Å². The molecule has 0 spiro atoms. The van der Waals surface area contributed by atoms with Gasteiger partial charge in [0.25, 0.3) is 5.76 Å². The van der Waals surface area contributed by atoms with Crippen LogP contribution in [0.2, 0.25) is 0 Å². The molecule has 1 aliphatic rings. The first kappa shape index (κ1) is 15.8. The summed E-state index contributed by atoms with van der Waals surface area (Å²) in [5.41, 5.74) is 0.402. The fourth-order valence-electron chi connectivity index (χ4n) is 2.81. The molecule has 0 aromatic carbocycles. The molecular formula is C15H23F2NOS. The quantitative estimate of drug-likeness (QED) is 0.783. The van der Waals surface area contributed by atoms with E-state index in [-0.39, 0.29) is 5.75 Å². The Morgan fingerprint density at radius 2 is 1.95 bits per heavy atom. The van der Waals surface area contributed by atoms with Crippen molar-refractivity contribution in [2.75, 3.05) is 6.54 Å². The summed E-state index contributed by atoms with van der Waals surface area (Å²) < 4.78 is 29.7.